The second-order valence-electron chi connectivity index (χ2n) is 11.6. The normalized spacial score (nSPS) is 18.1. The van der Waals surface area contributed by atoms with Gasteiger partial charge in [0.05, 0.1) is 11.5 Å². The Hall–Kier alpha value is -3.11. The van der Waals surface area contributed by atoms with E-state index in [2.05, 4.69) is 24.3 Å². The molecule has 1 unspecified atom stereocenters. The number of nitrogens with zero attached hydrogens (tertiary/aromatic N) is 2. The van der Waals surface area contributed by atoms with Crippen LogP contribution in [0.1, 0.15) is 49.3 Å². The number of carbonyl (C=O) groups excluding carboxylic acids is 1. The van der Waals surface area contributed by atoms with Crippen molar-refractivity contribution in [1.82, 2.24) is 14.5 Å². The average molecular weight is 610 g/mol. The van der Waals surface area contributed by atoms with Crippen LogP contribution in [0.2, 0.25) is 0 Å². The molecule has 3 aromatic rings. The Morgan fingerprint density at radius 3 is 2.28 bits per heavy atom. The summed E-state index contributed by atoms with van der Waals surface area (Å²) < 4.78 is 47.5. The minimum absolute atomic E-state index is 0.106. The van der Waals surface area contributed by atoms with Crippen LogP contribution in [0.5, 0.6) is 0 Å². The third kappa shape index (κ3) is 9.69. The lowest BCUT2D eigenvalue weighted by atomic mass is 9.75. The van der Waals surface area contributed by atoms with Crippen LogP contribution in [0, 0.1) is 17.7 Å². The minimum Gasteiger partial charge on any atom is -0.370 e. The first-order chi connectivity index (χ1) is 20.7. The summed E-state index contributed by atoms with van der Waals surface area (Å²) in [6.45, 7) is 0.921. The second kappa shape index (κ2) is 16.1. The van der Waals surface area contributed by atoms with Gasteiger partial charge in [-0.15, -0.1) is 0 Å². The van der Waals surface area contributed by atoms with E-state index >= 15 is 0 Å². The fourth-order valence-electron chi connectivity index (χ4n) is 6.09. The minimum atomic E-state index is -3.73. The molecule has 4 rings (SSSR count). The monoisotopic (exact) mass is 609 g/mol. The van der Waals surface area contributed by atoms with Crippen molar-refractivity contribution in [3.63, 3.8) is 0 Å². The van der Waals surface area contributed by atoms with Gasteiger partial charge in [-0.05, 0) is 80.6 Å². The molecule has 1 aliphatic rings. The molecule has 1 amide bonds. The average Bonchev–Trinajstić information content (AvgIpc) is 3.00. The third-order valence-corrected chi connectivity index (χ3v) is 10.1. The maximum atomic E-state index is 13.9. The molecule has 3 aromatic carbocycles. The van der Waals surface area contributed by atoms with Crippen LogP contribution in [0.3, 0.4) is 0 Å². The van der Waals surface area contributed by atoms with E-state index < -0.39 is 10.0 Å². The van der Waals surface area contributed by atoms with Gasteiger partial charge in [0.15, 0.2) is 0 Å². The number of rotatable bonds is 15. The number of halogens is 1. The molecule has 1 saturated carbocycles. The van der Waals surface area contributed by atoms with Crippen LogP contribution in [0.4, 0.5) is 4.39 Å². The molecule has 0 radical (unpaired) electrons. The zero-order valence-electron chi connectivity index (χ0n) is 25.2. The van der Waals surface area contributed by atoms with Gasteiger partial charge in [-0.2, -0.15) is 4.31 Å². The highest BCUT2D eigenvalue weighted by atomic mass is 32.2. The molecule has 1 atom stereocenters. The van der Waals surface area contributed by atoms with Crippen LogP contribution in [-0.2, 0) is 26.1 Å². The highest BCUT2D eigenvalue weighted by Gasteiger charge is 2.30. The summed E-state index contributed by atoms with van der Waals surface area (Å²) in [5, 5.41) is 2.95. The van der Waals surface area contributed by atoms with Gasteiger partial charge in [0.1, 0.15) is 12.4 Å². The van der Waals surface area contributed by atoms with Crippen LogP contribution in [0.15, 0.2) is 89.8 Å². The molecule has 0 aromatic heterocycles. The van der Waals surface area contributed by atoms with E-state index in [4.69, 9.17) is 4.74 Å². The maximum absolute atomic E-state index is 13.9. The summed E-state index contributed by atoms with van der Waals surface area (Å²) in [6.07, 6.45) is 5.23. The number of benzene rings is 3. The van der Waals surface area contributed by atoms with E-state index in [0.29, 0.717) is 18.4 Å². The Balaban J connectivity index is 1.18. The van der Waals surface area contributed by atoms with Gasteiger partial charge in [-0.3, -0.25) is 4.79 Å². The standard InChI is InChI=1S/C34H44FN3O4S/c1-37(2)34(30-12-9-13-31(35)24-30)29-18-16-27(17-19-29)20-21-36-33(39)26-42-23-22-38(25-28-10-5-3-6-11-28)43(40,41)32-14-7-4-8-15-32/h3-15,24,27,29,34H,16-23,25-26H2,1-2H3,(H,36,39). The molecular weight excluding hydrogens is 565 g/mol. The summed E-state index contributed by atoms with van der Waals surface area (Å²) in [6, 6.07) is 24.9. The smallest absolute Gasteiger partial charge is 0.245 e. The Morgan fingerprint density at radius 2 is 1.63 bits per heavy atom. The van der Waals surface area contributed by atoms with Gasteiger partial charge in [0.25, 0.3) is 0 Å². The Bertz CT molecular complexity index is 1380. The fourth-order valence-corrected chi connectivity index (χ4v) is 7.52. The van der Waals surface area contributed by atoms with Gasteiger partial charge < -0.3 is 15.0 Å². The number of hydrogen-bond donors (Lipinski definition) is 1. The number of nitrogens with one attached hydrogen (secondary N) is 1. The summed E-state index contributed by atoms with van der Waals surface area (Å²) in [5.74, 6) is 0.623. The van der Waals surface area contributed by atoms with E-state index in [1.165, 1.54) is 10.4 Å². The molecule has 0 bridgehead atoms. The van der Waals surface area contributed by atoms with Gasteiger partial charge in [-0.1, -0.05) is 73.5 Å². The zero-order valence-corrected chi connectivity index (χ0v) is 26.0. The fraction of sp³-hybridized carbons (Fsp3) is 0.441. The van der Waals surface area contributed by atoms with Crippen molar-refractivity contribution in [3.8, 4) is 0 Å². The van der Waals surface area contributed by atoms with E-state index in [0.717, 1.165) is 43.2 Å². The third-order valence-electron chi connectivity index (χ3n) is 8.26. The first kappa shape index (κ1) is 32.8. The van der Waals surface area contributed by atoms with E-state index in [1.54, 1.807) is 42.5 Å². The van der Waals surface area contributed by atoms with Gasteiger partial charge >= 0.3 is 0 Å². The first-order valence-electron chi connectivity index (χ1n) is 15.1. The Labute approximate surface area is 256 Å². The van der Waals surface area contributed by atoms with Crippen molar-refractivity contribution >= 4 is 15.9 Å². The van der Waals surface area contributed by atoms with Crippen LogP contribution >= 0.6 is 0 Å². The maximum Gasteiger partial charge on any atom is 0.245 e. The molecule has 1 aliphatic carbocycles. The largest absolute Gasteiger partial charge is 0.370 e. The van der Waals surface area contributed by atoms with Crippen LogP contribution < -0.4 is 5.32 Å². The molecule has 1 fully saturated rings. The molecule has 0 spiro atoms. The molecular formula is C34H44FN3O4S. The molecule has 43 heavy (non-hydrogen) atoms. The van der Waals surface area contributed by atoms with Crippen molar-refractivity contribution in [2.24, 2.45) is 11.8 Å². The number of amides is 1. The summed E-state index contributed by atoms with van der Waals surface area (Å²) >= 11 is 0. The molecule has 232 valence electrons. The lowest BCUT2D eigenvalue weighted by Crippen LogP contribution is -2.35. The quantitative estimate of drug-likeness (QED) is 0.226. The summed E-state index contributed by atoms with van der Waals surface area (Å²) in [5.41, 5.74) is 1.90. The summed E-state index contributed by atoms with van der Waals surface area (Å²) in [4.78, 5) is 14.9. The van der Waals surface area contributed by atoms with Crippen molar-refractivity contribution in [3.05, 3.63) is 102 Å². The van der Waals surface area contributed by atoms with Gasteiger partial charge in [0, 0.05) is 25.7 Å². The van der Waals surface area contributed by atoms with Crippen LogP contribution in [-0.4, -0.2) is 63.9 Å². The Kier molecular flexibility index (Phi) is 12.3. The molecule has 0 aliphatic heterocycles. The lowest BCUT2D eigenvalue weighted by Gasteiger charge is -2.37. The number of carbonyl (C=O) groups is 1. The van der Waals surface area contributed by atoms with Gasteiger partial charge in [0.2, 0.25) is 15.9 Å². The van der Waals surface area contributed by atoms with Crippen molar-refractivity contribution in [2.45, 2.75) is 49.6 Å². The predicted molar refractivity (Wildman–Crippen MR) is 167 cm³/mol. The second-order valence-corrected chi connectivity index (χ2v) is 13.5. The molecule has 0 saturated heterocycles. The molecule has 1 N–H and O–H groups in total. The highest BCUT2D eigenvalue weighted by molar-refractivity contribution is 7.89. The van der Waals surface area contributed by atoms with E-state index in [1.807, 2.05) is 36.4 Å². The highest BCUT2D eigenvalue weighted by Crippen LogP contribution is 2.40. The van der Waals surface area contributed by atoms with E-state index in [9.17, 15) is 17.6 Å². The molecule has 9 heteroatoms. The number of ether oxygens (including phenoxy) is 1. The summed E-state index contributed by atoms with van der Waals surface area (Å²) in [7, 11) is 0.390. The van der Waals surface area contributed by atoms with Crippen molar-refractivity contribution in [1.29, 1.82) is 0 Å². The van der Waals surface area contributed by atoms with E-state index in [-0.39, 0.29) is 49.0 Å². The SMILES string of the molecule is CN(C)C(c1cccc(F)c1)C1CCC(CCNC(=O)COCCN(Cc2ccccc2)S(=O)(=O)c2ccccc2)CC1. The van der Waals surface area contributed by atoms with Gasteiger partial charge in [-0.25, -0.2) is 12.8 Å². The first-order valence-corrected chi connectivity index (χ1v) is 16.5. The Morgan fingerprint density at radius 1 is 0.953 bits per heavy atom. The van der Waals surface area contributed by atoms with Crippen molar-refractivity contribution < 1.29 is 22.3 Å². The molecule has 7 nitrogen and oxygen atoms in total. The van der Waals surface area contributed by atoms with Crippen molar-refractivity contribution in [2.75, 3.05) is 40.4 Å². The molecule has 0 heterocycles. The number of hydrogen-bond acceptors (Lipinski definition) is 5. The predicted octanol–water partition coefficient (Wildman–Crippen LogP) is 5.65. The zero-order chi connectivity index (χ0) is 30.7. The van der Waals surface area contributed by atoms with Crippen LogP contribution in [0.25, 0.3) is 0 Å². The topological polar surface area (TPSA) is 79.0 Å². The lowest BCUT2D eigenvalue weighted by molar-refractivity contribution is -0.125. The number of sulfonamides is 1.